The van der Waals surface area contributed by atoms with Gasteiger partial charge in [0.15, 0.2) is 5.78 Å². The fourth-order valence-electron chi connectivity index (χ4n) is 2.62. The third-order valence-electron chi connectivity index (χ3n) is 3.46. The summed E-state index contributed by atoms with van der Waals surface area (Å²) < 4.78 is 10.8. The number of nitrogens with zero attached hydrogens (tertiary/aromatic N) is 1. The summed E-state index contributed by atoms with van der Waals surface area (Å²) in [4.78, 5) is 26.0. The molecule has 0 bridgehead atoms. The van der Waals surface area contributed by atoms with Gasteiger partial charge in [-0.25, -0.2) is 4.79 Å². The number of likely N-dealkylation sites (tertiary alicyclic amines) is 1. The van der Waals surface area contributed by atoms with Crippen LogP contribution in [-0.4, -0.2) is 47.7 Å². The maximum Gasteiger partial charge on any atom is 0.410 e. The number of carbonyl (C=O) groups excluding carboxylic acids is 2. The fraction of sp³-hybridized carbons (Fsp3) is 0.857. The molecule has 0 aliphatic carbocycles. The first-order valence-electron chi connectivity index (χ1n) is 7.03. The highest BCUT2D eigenvalue weighted by molar-refractivity contribution is 5.91. The molecule has 5 heteroatoms. The third-order valence-corrected chi connectivity index (χ3v) is 3.46. The number of rotatable bonds is 2. The minimum Gasteiger partial charge on any atom is -0.444 e. The maximum atomic E-state index is 12.4. The molecule has 2 fully saturated rings. The van der Waals surface area contributed by atoms with Gasteiger partial charge in [0, 0.05) is 13.2 Å². The van der Waals surface area contributed by atoms with Crippen LogP contribution in [0.15, 0.2) is 0 Å². The standard InChI is InChI=1S/C14H23NO4/c1-14(2,3)19-13(17)15-8-4-6-10(15)12(16)11-7-5-9-18-11/h10-11H,4-9H2,1-3H3. The summed E-state index contributed by atoms with van der Waals surface area (Å²) in [5.41, 5.74) is -0.531. The van der Waals surface area contributed by atoms with Crippen LogP contribution in [0.1, 0.15) is 46.5 Å². The number of hydrogen-bond donors (Lipinski definition) is 0. The van der Waals surface area contributed by atoms with Crippen LogP contribution in [0.4, 0.5) is 4.79 Å². The smallest absolute Gasteiger partial charge is 0.410 e. The lowest BCUT2D eigenvalue weighted by molar-refractivity contribution is -0.132. The summed E-state index contributed by atoms with van der Waals surface area (Å²) in [7, 11) is 0. The molecule has 108 valence electrons. The molecule has 0 saturated carbocycles. The zero-order valence-electron chi connectivity index (χ0n) is 12.0. The van der Waals surface area contributed by atoms with E-state index in [-0.39, 0.29) is 24.0 Å². The first-order valence-corrected chi connectivity index (χ1v) is 7.03. The second-order valence-electron chi connectivity index (χ2n) is 6.24. The molecular weight excluding hydrogens is 246 g/mol. The monoisotopic (exact) mass is 269 g/mol. The molecule has 2 atom stereocenters. The van der Waals surface area contributed by atoms with Gasteiger partial charge < -0.3 is 9.47 Å². The number of ether oxygens (including phenoxy) is 2. The molecule has 0 aromatic rings. The van der Waals surface area contributed by atoms with E-state index in [2.05, 4.69) is 0 Å². The Kier molecular flexibility index (Phi) is 4.13. The highest BCUT2D eigenvalue weighted by atomic mass is 16.6. The molecule has 0 spiro atoms. The highest BCUT2D eigenvalue weighted by Crippen LogP contribution is 2.25. The molecule has 19 heavy (non-hydrogen) atoms. The Hall–Kier alpha value is -1.10. The van der Waals surface area contributed by atoms with Gasteiger partial charge in [-0.05, 0) is 46.5 Å². The Balaban J connectivity index is 2.00. The van der Waals surface area contributed by atoms with Crippen molar-refractivity contribution in [1.82, 2.24) is 4.90 Å². The van der Waals surface area contributed by atoms with Gasteiger partial charge in [-0.1, -0.05) is 0 Å². The van der Waals surface area contributed by atoms with E-state index in [1.54, 1.807) is 4.90 Å². The van der Waals surface area contributed by atoms with Crippen LogP contribution in [0.25, 0.3) is 0 Å². The van der Waals surface area contributed by atoms with Gasteiger partial charge in [0.05, 0.1) is 6.04 Å². The third kappa shape index (κ3) is 3.47. The molecule has 0 aromatic heterocycles. The molecule has 0 radical (unpaired) electrons. The van der Waals surface area contributed by atoms with Crippen molar-refractivity contribution in [2.24, 2.45) is 0 Å². The van der Waals surface area contributed by atoms with Crippen LogP contribution in [0.5, 0.6) is 0 Å². The predicted octanol–water partition coefficient (Wildman–Crippen LogP) is 2.13. The van der Waals surface area contributed by atoms with Crippen LogP contribution in [0.3, 0.4) is 0 Å². The van der Waals surface area contributed by atoms with Gasteiger partial charge in [0.1, 0.15) is 11.7 Å². The van der Waals surface area contributed by atoms with Crippen molar-refractivity contribution in [3.8, 4) is 0 Å². The summed E-state index contributed by atoms with van der Waals surface area (Å²) >= 11 is 0. The van der Waals surface area contributed by atoms with Crippen LogP contribution in [0, 0.1) is 0 Å². The largest absolute Gasteiger partial charge is 0.444 e. The first kappa shape index (κ1) is 14.3. The van der Waals surface area contributed by atoms with E-state index in [0.717, 1.165) is 25.7 Å². The summed E-state index contributed by atoms with van der Waals surface area (Å²) in [6, 6.07) is -0.363. The second-order valence-corrected chi connectivity index (χ2v) is 6.24. The van der Waals surface area contributed by atoms with Crippen molar-refractivity contribution < 1.29 is 19.1 Å². The molecule has 2 heterocycles. The van der Waals surface area contributed by atoms with Crippen molar-refractivity contribution in [2.75, 3.05) is 13.2 Å². The van der Waals surface area contributed by atoms with E-state index < -0.39 is 5.60 Å². The number of carbonyl (C=O) groups is 2. The van der Waals surface area contributed by atoms with E-state index in [1.807, 2.05) is 20.8 Å². The van der Waals surface area contributed by atoms with E-state index in [0.29, 0.717) is 13.2 Å². The van der Waals surface area contributed by atoms with Gasteiger partial charge >= 0.3 is 6.09 Å². The molecular formula is C14H23NO4. The summed E-state index contributed by atoms with van der Waals surface area (Å²) in [5, 5.41) is 0. The average molecular weight is 269 g/mol. The van der Waals surface area contributed by atoms with Gasteiger partial charge in [-0.2, -0.15) is 0 Å². The lowest BCUT2D eigenvalue weighted by Gasteiger charge is -2.28. The van der Waals surface area contributed by atoms with Gasteiger partial charge in [-0.3, -0.25) is 9.69 Å². The quantitative estimate of drug-likeness (QED) is 0.770. The molecule has 2 aliphatic heterocycles. The zero-order chi connectivity index (χ0) is 14.0. The first-order chi connectivity index (χ1) is 8.88. The number of ketones is 1. The zero-order valence-corrected chi connectivity index (χ0v) is 12.0. The summed E-state index contributed by atoms with van der Waals surface area (Å²) in [6.07, 6.45) is 2.56. The summed E-state index contributed by atoms with van der Waals surface area (Å²) in [5.74, 6) is 0.0425. The lowest BCUT2D eigenvalue weighted by atomic mass is 10.0. The van der Waals surface area contributed by atoms with Crippen molar-refractivity contribution in [3.05, 3.63) is 0 Å². The molecule has 0 N–H and O–H groups in total. The predicted molar refractivity (Wildman–Crippen MR) is 69.9 cm³/mol. The van der Waals surface area contributed by atoms with Crippen LogP contribution in [-0.2, 0) is 14.3 Å². The van der Waals surface area contributed by atoms with Crippen molar-refractivity contribution in [1.29, 1.82) is 0 Å². The van der Waals surface area contributed by atoms with Crippen molar-refractivity contribution in [2.45, 2.75) is 64.2 Å². The van der Waals surface area contributed by atoms with Crippen LogP contribution >= 0.6 is 0 Å². The highest BCUT2D eigenvalue weighted by Gasteiger charge is 2.40. The van der Waals surface area contributed by atoms with Gasteiger partial charge in [0.2, 0.25) is 0 Å². The Morgan fingerprint density at radius 1 is 1.21 bits per heavy atom. The van der Waals surface area contributed by atoms with Crippen LogP contribution < -0.4 is 0 Å². The molecule has 2 aliphatic rings. The minimum atomic E-state index is -0.531. The maximum absolute atomic E-state index is 12.4. The molecule has 2 unspecified atom stereocenters. The van der Waals surface area contributed by atoms with Crippen molar-refractivity contribution in [3.63, 3.8) is 0 Å². The average Bonchev–Trinajstić information content (AvgIpc) is 2.97. The Morgan fingerprint density at radius 2 is 1.95 bits per heavy atom. The van der Waals surface area contributed by atoms with Gasteiger partial charge in [0.25, 0.3) is 0 Å². The Morgan fingerprint density at radius 3 is 2.53 bits per heavy atom. The topological polar surface area (TPSA) is 55.8 Å². The van der Waals surface area contributed by atoms with Crippen molar-refractivity contribution >= 4 is 11.9 Å². The number of amides is 1. The second kappa shape index (κ2) is 5.49. The molecule has 1 amide bonds. The SMILES string of the molecule is CC(C)(C)OC(=O)N1CCCC1C(=O)C1CCCO1. The lowest BCUT2D eigenvalue weighted by Crippen LogP contribution is -2.46. The normalized spacial score (nSPS) is 27.6. The molecule has 2 rings (SSSR count). The number of hydrogen-bond acceptors (Lipinski definition) is 4. The Labute approximate surface area is 114 Å². The Bertz CT molecular complexity index is 355. The van der Waals surface area contributed by atoms with Gasteiger partial charge in [-0.15, -0.1) is 0 Å². The molecule has 5 nitrogen and oxygen atoms in total. The minimum absolute atomic E-state index is 0.0425. The molecule has 0 aromatic carbocycles. The van der Waals surface area contributed by atoms with Crippen LogP contribution in [0.2, 0.25) is 0 Å². The number of Topliss-reactive ketones (excluding diaryl/α,β-unsaturated/α-hetero) is 1. The fourth-order valence-corrected chi connectivity index (χ4v) is 2.62. The summed E-state index contributed by atoms with van der Waals surface area (Å²) in [6.45, 7) is 6.74. The van der Waals surface area contributed by atoms with E-state index >= 15 is 0 Å². The molecule has 2 saturated heterocycles. The van der Waals surface area contributed by atoms with E-state index in [4.69, 9.17) is 9.47 Å². The van der Waals surface area contributed by atoms with E-state index in [1.165, 1.54) is 0 Å². The van der Waals surface area contributed by atoms with E-state index in [9.17, 15) is 9.59 Å².